The smallest absolute Gasteiger partial charge is 0.408 e. The lowest BCUT2D eigenvalue weighted by molar-refractivity contribution is -0.134. The highest BCUT2D eigenvalue weighted by Gasteiger charge is 2.35. The topological polar surface area (TPSA) is 58.6 Å². The lowest BCUT2D eigenvalue weighted by atomic mass is 9.83. The molecule has 1 aliphatic carbocycles. The molecule has 2 fully saturated rings. The van der Waals surface area contributed by atoms with E-state index in [0.29, 0.717) is 0 Å². The van der Waals surface area contributed by atoms with Crippen molar-refractivity contribution >= 4 is 12.0 Å². The van der Waals surface area contributed by atoms with Gasteiger partial charge in [-0.05, 0) is 52.4 Å². The molecule has 1 heterocycles. The van der Waals surface area contributed by atoms with E-state index < -0.39 is 17.7 Å². The Morgan fingerprint density at radius 1 is 1.05 bits per heavy atom. The van der Waals surface area contributed by atoms with E-state index in [1.807, 2.05) is 25.7 Å². The van der Waals surface area contributed by atoms with Gasteiger partial charge in [-0.1, -0.05) is 19.3 Å². The quantitative estimate of drug-likeness (QED) is 0.871. The Morgan fingerprint density at radius 2 is 1.64 bits per heavy atom. The lowest BCUT2D eigenvalue weighted by Gasteiger charge is -2.33. The molecule has 5 heteroatoms. The number of hydrogen-bond acceptors (Lipinski definition) is 3. The van der Waals surface area contributed by atoms with Crippen LogP contribution < -0.4 is 5.32 Å². The van der Waals surface area contributed by atoms with E-state index in [-0.39, 0.29) is 11.8 Å². The average Bonchev–Trinajstić information content (AvgIpc) is 2.97. The molecule has 0 spiro atoms. The first-order chi connectivity index (χ1) is 10.4. The van der Waals surface area contributed by atoms with E-state index in [1.165, 1.54) is 6.42 Å². The molecule has 22 heavy (non-hydrogen) atoms. The van der Waals surface area contributed by atoms with Crippen LogP contribution >= 0.6 is 0 Å². The van der Waals surface area contributed by atoms with Crippen molar-refractivity contribution in [2.24, 2.45) is 5.92 Å². The van der Waals surface area contributed by atoms with E-state index >= 15 is 0 Å². The molecule has 1 N–H and O–H groups in total. The van der Waals surface area contributed by atoms with Crippen LogP contribution in [0.4, 0.5) is 4.79 Å². The van der Waals surface area contributed by atoms with Crippen molar-refractivity contribution in [1.82, 2.24) is 10.2 Å². The summed E-state index contributed by atoms with van der Waals surface area (Å²) >= 11 is 0. The Balaban J connectivity index is 2.03. The van der Waals surface area contributed by atoms with Crippen molar-refractivity contribution in [2.75, 3.05) is 13.1 Å². The highest BCUT2D eigenvalue weighted by molar-refractivity contribution is 5.86. The van der Waals surface area contributed by atoms with Gasteiger partial charge in [-0.3, -0.25) is 4.79 Å². The van der Waals surface area contributed by atoms with Crippen LogP contribution in [0.2, 0.25) is 0 Å². The van der Waals surface area contributed by atoms with Crippen LogP contribution in [0.25, 0.3) is 0 Å². The maximum atomic E-state index is 12.8. The number of likely N-dealkylation sites (tertiary alicyclic amines) is 1. The zero-order chi connectivity index (χ0) is 16.2. The van der Waals surface area contributed by atoms with Gasteiger partial charge in [-0.25, -0.2) is 4.79 Å². The van der Waals surface area contributed by atoms with E-state index in [9.17, 15) is 9.59 Å². The third kappa shape index (κ3) is 4.89. The second-order valence-electron chi connectivity index (χ2n) is 7.55. The Hall–Kier alpha value is -1.26. The van der Waals surface area contributed by atoms with Crippen LogP contribution in [0, 0.1) is 5.92 Å². The van der Waals surface area contributed by atoms with Gasteiger partial charge in [0.15, 0.2) is 0 Å². The highest BCUT2D eigenvalue weighted by atomic mass is 16.6. The van der Waals surface area contributed by atoms with Crippen molar-refractivity contribution < 1.29 is 14.3 Å². The van der Waals surface area contributed by atoms with Gasteiger partial charge in [-0.15, -0.1) is 0 Å². The zero-order valence-electron chi connectivity index (χ0n) is 14.2. The standard InChI is InChI=1S/C17H30N2O3/c1-17(2,3)22-16(21)18-14(13-9-5-4-6-10-13)15(20)19-11-7-8-12-19/h13-14H,4-12H2,1-3H3,(H,18,21). The van der Waals surface area contributed by atoms with Gasteiger partial charge in [0, 0.05) is 13.1 Å². The summed E-state index contributed by atoms with van der Waals surface area (Å²) < 4.78 is 5.35. The fraction of sp³-hybridized carbons (Fsp3) is 0.882. The largest absolute Gasteiger partial charge is 0.444 e. The van der Waals surface area contributed by atoms with Crippen LogP contribution in [0.3, 0.4) is 0 Å². The molecule has 0 aromatic heterocycles. The van der Waals surface area contributed by atoms with Gasteiger partial charge < -0.3 is 15.0 Å². The summed E-state index contributed by atoms with van der Waals surface area (Å²) in [6.07, 6.45) is 7.20. The molecule has 1 unspecified atom stereocenters. The third-order valence-corrected chi connectivity index (χ3v) is 4.48. The number of ether oxygens (including phenoxy) is 1. The summed E-state index contributed by atoms with van der Waals surface area (Å²) in [5.41, 5.74) is -0.544. The van der Waals surface area contributed by atoms with Gasteiger partial charge in [0.05, 0.1) is 0 Å². The van der Waals surface area contributed by atoms with Crippen molar-refractivity contribution in [3.63, 3.8) is 0 Å². The SMILES string of the molecule is CC(C)(C)OC(=O)NC(C(=O)N1CCCC1)C1CCCCC1. The fourth-order valence-electron chi connectivity index (χ4n) is 3.42. The summed E-state index contributed by atoms with van der Waals surface area (Å²) in [7, 11) is 0. The predicted octanol–water partition coefficient (Wildman–Crippen LogP) is 3.08. The van der Waals surface area contributed by atoms with Crippen LogP contribution in [0.1, 0.15) is 65.7 Å². The molecule has 5 nitrogen and oxygen atoms in total. The molecule has 0 aromatic carbocycles. The molecule has 0 bridgehead atoms. The number of rotatable bonds is 3. The molecule has 2 aliphatic rings. The minimum atomic E-state index is -0.544. The summed E-state index contributed by atoms with van der Waals surface area (Å²) in [6.45, 7) is 7.15. The second-order valence-corrected chi connectivity index (χ2v) is 7.55. The first-order valence-corrected chi connectivity index (χ1v) is 8.65. The normalized spacial score (nSPS) is 21.5. The molecule has 1 aliphatic heterocycles. The highest BCUT2D eigenvalue weighted by Crippen LogP contribution is 2.28. The summed E-state index contributed by atoms with van der Waals surface area (Å²) in [5, 5.41) is 2.87. The fourth-order valence-corrected chi connectivity index (χ4v) is 3.42. The van der Waals surface area contributed by atoms with Crippen LogP contribution in [-0.4, -0.2) is 41.6 Å². The number of amides is 2. The van der Waals surface area contributed by atoms with Gasteiger partial charge in [0.2, 0.25) is 5.91 Å². The van der Waals surface area contributed by atoms with Crippen LogP contribution in [-0.2, 0) is 9.53 Å². The number of nitrogens with zero attached hydrogens (tertiary/aromatic N) is 1. The van der Waals surface area contributed by atoms with Crippen molar-refractivity contribution in [3.8, 4) is 0 Å². The average molecular weight is 310 g/mol. The monoisotopic (exact) mass is 310 g/mol. The van der Waals surface area contributed by atoms with Crippen molar-refractivity contribution in [1.29, 1.82) is 0 Å². The summed E-state index contributed by atoms with van der Waals surface area (Å²) in [6, 6.07) is -0.423. The first-order valence-electron chi connectivity index (χ1n) is 8.65. The molecular weight excluding hydrogens is 280 g/mol. The molecule has 2 amide bonds. The van der Waals surface area contributed by atoms with Gasteiger partial charge in [0.25, 0.3) is 0 Å². The number of nitrogens with one attached hydrogen (secondary N) is 1. The molecule has 0 radical (unpaired) electrons. The van der Waals surface area contributed by atoms with Gasteiger partial charge >= 0.3 is 6.09 Å². The predicted molar refractivity (Wildman–Crippen MR) is 85.5 cm³/mol. The summed E-state index contributed by atoms with van der Waals surface area (Å²) in [4.78, 5) is 26.8. The molecule has 1 atom stereocenters. The lowest BCUT2D eigenvalue weighted by Crippen LogP contribution is -2.53. The second kappa shape index (κ2) is 7.34. The third-order valence-electron chi connectivity index (χ3n) is 4.48. The molecular formula is C17H30N2O3. The van der Waals surface area contributed by atoms with Crippen LogP contribution in [0.15, 0.2) is 0 Å². The molecule has 1 saturated carbocycles. The maximum Gasteiger partial charge on any atom is 0.408 e. The van der Waals surface area contributed by atoms with Gasteiger partial charge in [-0.2, -0.15) is 0 Å². The molecule has 2 rings (SSSR count). The molecule has 1 saturated heterocycles. The Morgan fingerprint density at radius 3 is 2.18 bits per heavy atom. The Labute approximate surface area is 133 Å². The number of hydrogen-bond donors (Lipinski definition) is 1. The maximum absolute atomic E-state index is 12.8. The van der Waals surface area contributed by atoms with E-state index in [0.717, 1.165) is 51.6 Å². The van der Waals surface area contributed by atoms with E-state index in [1.54, 1.807) is 0 Å². The summed E-state index contributed by atoms with van der Waals surface area (Å²) in [5.74, 6) is 0.324. The number of carbonyl (C=O) groups is 2. The van der Waals surface area contributed by atoms with E-state index in [4.69, 9.17) is 4.74 Å². The van der Waals surface area contributed by atoms with E-state index in [2.05, 4.69) is 5.32 Å². The molecule has 0 aromatic rings. The van der Waals surface area contributed by atoms with Crippen molar-refractivity contribution in [3.05, 3.63) is 0 Å². The van der Waals surface area contributed by atoms with Crippen LogP contribution in [0.5, 0.6) is 0 Å². The molecule has 126 valence electrons. The first kappa shape index (κ1) is 17.1. The van der Waals surface area contributed by atoms with Crippen molar-refractivity contribution in [2.45, 2.75) is 77.4 Å². The zero-order valence-corrected chi connectivity index (χ0v) is 14.2. The Bertz CT molecular complexity index is 391. The Kier molecular flexibility index (Phi) is 5.70. The van der Waals surface area contributed by atoms with Gasteiger partial charge in [0.1, 0.15) is 11.6 Å². The number of alkyl carbamates (subject to hydrolysis) is 1. The number of carbonyl (C=O) groups excluding carboxylic acids is 2. The minimum absolute atomic E-state index is 0.0789. The minimum Gasteiger partial charge on any atom is -0.444 e.